The Bertz CT molecular complexity index is 390. The maximum atomic E-state index is 12.5. The summed E-state index contributed by atoms with van der Waals surface area (Å²) < 4.78 is 61.0. The van der Waals surface area contributed by atoms with Gasteiger partial charge in [-0.2, -0.15) is 8.78 Å². The van der Waals surface area contributed by atoms with Crippen molar-refractivity contribution in [3.8, 4) is 0 Å². The molecule has 2 nitrogen and oxygen atoms in total. The van der Waals surface area contributed by atoms with Crippen LogP contribution < -0.4 is 5.32 Å². The van der Waals surface area contributed by atoms with Crippen LogP contribution in [0.25, 0.3) is 0 Å². The minimum Gasteiger partial charge on any atom is -0.347 e. The number of amides is 1. The van der Waals surface area contributed by atoms with Crippen LogP contribution in [0.15, 0.2) is 24.3 Å². The Morgan fingerprint density at radius 3 is 2.24 bits per heavy atom. The van der Waals surface area contributed by atoms with Crippen LogP contribution in [0.2, 0.25) is 0 Å². The average Bonchev–Trinajstić information content (AvgIpc) is 2.27. The van der Waals surface area contributed by atoms with E-state index in [1.807, 2.05) is 0 Å². The molecule has 94 valence electrons. The number of alkyl halides is 4. The van der Waals surface area contributed by atoms with Gasteiger partial charge in [-0.3, -0.25) is 4.79 Å². The van der Waals surface area contributed by atoms with Gasteiger partial charge in [0.05, 0.1) is 0 Å². The summed E-state index contributed by atoms with van der Waals surface area (Å²) in [5, 5.41) is 1.65. The van der Waals surface area contributed by atoms with Crippen LogP contribution in [0, 0.1) is 5.82 Å². The molecule has 0 aliphatic carbocycles. The van der Waals surface area contributed by atoms with E-state index in [4.69, 9.17) is 0 Å². The molecule has 0 saturated carbocycles. The summed E-state index contributed by atoms with van der Waals surface area (Å²) in [7, 11) is 0. The third-order valence-electron chi connectivity index (χ3n) is 1.94. The fraction of sp³-hybridized carbons (Fsp3) is 0.300. The van der Waals surface area contributed by atoms with Crippen molar-refractivity contribution < 1.29 is 26.7 Å². The molecule has 1 rings (SSSR count). The molecule has 0 spiro atoms. The van der Waals surface area contributed by atoms with Crippen LogP contribution in [0.3, 0.4) is 0 Å². The van der Waals surface area contributed by atoms with Crippen molar-refractivity contribution in [3.63, 3.8) is 0 Å². The molecule has 1 aromatic carbocycles. The van der Waals surface area contributed by atoms with Gasteiger partial charge >= 0.3 is 12.3 Å². The van der Waals surface area contributed by atoms with E-state index in [0.717, 1.165) is 12.1 Å². The molecule has 0 heterocycles. The minimum absolute atomic E-state index is 0.324. The van der Waals surface area contributed by atoms with Gasteiger partial charge in [0, 0.05) is 6.54 Å². The van der Waals surface area contributed by atoms with Crippen LogP contribution >= 0.6 is 0 Å². The molecule has 0 unspecified atom stereocenters. The van der Waals surface area contributed by atoms with E-state index in [2.05, 4.69) is 0 Å². The van der Waals surface area contributed by atoms with Crippen LogP contribution in [0.5, 0.6) is 0 Å². The molecule has 1 N–H and O–H groups in total. The summed E-state index contributed by atoms with van der Waals surface area (Å²) in [6.45, 7) is -0.374. The van der Waals surface area contributed by atoms with Gasteiger partial charge < -0.3 is 5.32 Å². The molecule has 0 fully saturated rings. The molecule has 0 aromatic heterocycles. The minimum atomic E-state index is -4.72. The summed E-state index contributed by atoms with van der Waals surface area (Å²) in [6, 6.07) is 4.62. The highest BCUT2D eigenvalue weighted by molar-refractivity contribution is 5.83. The van der Waals surface area contributed by atoms with Crippen LogP contribution in [-0.2, 0) is 11.3 Å². The lowest BCUT2D eigenvalue weighted by Gasteiger charge is -2.14. The lowest BCUT2D eigenvalue weighted by Crippen LogP contribution is -2.44. The van der Waals surface area contributed by atoms with Gasteiger partial charge in [0.15, 0.2) is 0 Å². The first-order valence-corrected chi connectivity index (χ1v) is 4.52. The second kappa shape index (κ2) is 5.11. The number of nitrogens with one attached hydrogen (secondary N) is 1. The van der Waals surface area contributed by atoms with Gasteiger partial charge in [-0.1, -0.05) is 12.1 Å². The molecule has 7 heteroatoms. The van der Waals surface area contributed by atoms with Gasteiger partial charge in [-0.15, -0.1) is 0 Å². The molecule has 1 aromatic rings. The van der Waals surface area contributed by atoms with Crippen molar-refractivity contribution in [1.82, 2.24) is 5.32 Å². The molecular formula is C10H8F5NO. The Hall–Kier alpha value is -1.66. The topological polar surface area (TPSA) is 29.1 Å². The highest BCUT2D eigenvalue weighted by atomic mass is 19.3. The zero-order chi connectivity index (χ0) is 13.1. The number of benzene rings is 1. The number of carbonyl (C=O) groups excluding carboxylic acids is 1. The standard InChI is InChI=1S/C10H8F5NO/c11-7-3-1-6(2-4-7)5-16-9(17)10(14,15)8(12)13/h1-4,8H,5H2,(H,16,17). The van der Waals surface area contributed by atoms with Gasteiger partial charge in [0.25, 0.3) is 5.91 Å². The SMILES string of the molecule is O=C(NCc1ccc(F)cc1)C(F)(F)C(F)F. The maximum absolute atomic E-state index is 12.5. The van der Waals surface area contributed by atoms with Crippen LogP contribution in [0.4, 0.5) is 22.0 Å². The molecule has 0 aliphatic heterocycles. The van der Waals surface area contributed by atoms with Gasteiger partial charge in [0.2, 0.25) is 0 Å². The number of rotatable bonds is 4. The monoisotopic (exact) mass is 253 g/mol. The highest BCUT2D eigenvalue weighted by Gasteiger charge is 2.48. The van der Waals surface area contributed by atoms with Crippen molar-refractivity contribution in [2.75, 3.05) is 0 Å². The second-order valence-corrected chi connectivity index (χ2v) is 3.23. The second-order valence-electron chi connectivity index (χ2n) is 3.23. The smallest absolute Gasteiger partial charge is 0.347 e. The molecule has 0 atom stereocenters. The van der Waals surface area contributed by atoms with Crippen molar-refractivity contribution in [1.29, 1.82) is 0 Å². The third kappa shape index (κ3) is 3.40. The fourth-order valence-electron chi connectivity index (χ4n) is 1.00. The van der Waals surface area contributed by atoms with Gasteiger partial charge in [-0.25, -0.2) is 13.2 Å². The first-order valence-electron chi connectivity index (χ1n) is 4.52. The van der Waals surface area contributed by atoms with Crippen molar-refractivity contribution in [3.05, 3.63) is 35.6 Å². The Labute approximate surface area is 93.4 Å². The average molecular weight is 253 g/mol. The fourth-order valence-corrected chi connectivity index (χ4v) is 1.00. The van der Waals surface area contributed by atoms with E-state index in [0.29, 0.717) is 5.56 Å². The van der Waals surface area contributed by atoms with E-state index < -0.39 is 24.1 Å². The van der Waals surface area contributed by atoms with E-state index in [9.17, 15) is 26.7 Å². The van der Waals surface area contributed by atoms with E-state index >= 15 is 0 Å². The largest absolute Gasteiger partial charge is 0.383 e. The highest BCUT2D eigenvalue weighted by Crippen LogP contribution is 2.22. The molecule has 1 amide bonds. The quantitative estimate of drug-likeness (QED) is 0.820. The van der Waals surface area contributed by atoms with Crippen LogP contribution in [0.1, 0.15) is 5.56 Å². The Morgan fingerprint density at radius 1 is 1.24 bits per heavy atom. The zero-order valence-electron chi connectivity index (χ0n) is 8.39. The maximum Gasteiger partial charge on any atom is 0.383 e. The molecule has 17 heavy (non-hydrogen) atoms. The Balaban J connectivity index is 2.57. The van der Waals surface area contributed by atoms with E-state index in [1.54, 1.807) is 5.32 Å². The lowest BCUT2D eigenvalue weighted by molar-refractivity contribution is -0.169. The van der Waals surface area contributed by atoms with Crippen molar-refractivity contribution in [2.45, 2.75) is 18.9 Å². The van der Waals surface area contributed by atoms with Gasteiger partial charge in [0.1, 0.15) is 5.82 Å². The summed E-state index contributed by atoms with van der Waals surface area (Å²) >= 11 is 0. The third-order valence-corrected chi connectivity index (χ3v) is 1.94. The number of halogens is 5. The number of hydrogen-bond donors (Lipinski definition) is 1. The predicted octanol–water partition coefficient (Wildman–Crippen LogP) is 2.34. The van der Waals surface area contributed by atoms with Crippen LogP contribution in [-0.4, -0.2) is 18.3 Å². The summed E-state index contributed by atoms with van der Waals surface area (Å²) in [6.07, 6.45) is -4.06. The summed E-state index contributed by atoms with van der Waals surface area (Å²) in [5.74, 6) is -7.31. The summed E-state index contributed by atoms with van der Waals surface area (Å²) in [4.78, 5) is 10.7. The van der Waals surface area contributed by atoms with Crippen molar-refractivity contribution in [2.24, 2.45) is 0 Å². The first-order chi connectivity index (χ1) is 7.84. The molecule has 0 radical (unpaired) electrons. The Kier molecular flexibility index (Phi) is 4.03. The first kappa shape index (κ1) is 13.4. The summed E-state index contributed by atoms with van der Waals surface area (Å²) in [5.41, 5.74) is 0.324. The number of hydrogen-bond acceptors (Lipinski definition) is 1. The molecular weight excluding hydrogens is 245 g/mol. The normalized spacial score (nSPS) is 11.6. The Morgan fingerprint density at radius 2 is 1.76 bits per heavy atom. The molecule has 0 bridgehead atoms. The van der Waals surface area contributed by atoms with E-state index in [1.165, 1.54) is 12.1 Å². The van der Waals surface area contributed by atoms with E-state index in [-0.39, 0.29) is 6.54 Å². The zero-order valence-corrected chi connectivity index (χ0v) is 8.39. The predicted molar refractivity (Wildman–Crippen MR) is 49.2 cm³/mol. The van der Waals surface area contributed by atoms with Crippen molar-refractivity contribution >= 4 is 5.91 Å². The molecule has 0 saturated heterocycles. The molecule has 0 aliphatic rings. The lowest BCUT2D eigenvalue weighted by atomic mass is 10.2. The van der Waals surface area contributed by atoms with Gasteiger partial charge in [-0.05, 0) is 17.7 Å². The number of carbonyl (C=O) groups is 1.